The molecule has 20 heavy (non-hydrogen) atoms. The molecule has 2 aliphatic heterocycles. The van der Waals surface area contributed by atoms with Crippen molar-refractivity contribution in [2.75, 3.05) is 37.8 Å². The molecule has 0 bridgehead atoms. The summed E-state index contributed by atoms with van der Waals surface area (Å²) in [5.74, 6) is 0.766. The molecule has 7 nitrogen and oxygen atoms in total. The van der Waals surface area contributed by atoms with Crippen molar-refractivity contribution in [1.29, 1.82) is 0 Å². The summed E-state index contributed by atoms with van der Waals surface area (Å²) < 4.78 is 11.3. The highest BCUT2D eigenvalue weighted by atomic mass is 16.6. The SMILES string of the molecule is Cc1nc(N2CCOC3(CCOC3)C2)ccc1[N+](=O)[O-]. The van der Waals surface area contributed by atoms with Crippen LogP contribution in [0.4, 0.5) is 11.5 Å². The molecule has 108 valence electrons. The molecular weight excluding hydrogens is 262 g/mol. The smallest absolute Gasteiger partial charge is 0.290 e. The van der Waals surface area contributed by atoms with Gasteiger partial charge in [-0.2, -0.15) is 0 Å². The molecule has 0 N–H and O–H groups in total. The number of anilines is 1. The van der Waals surface area contributed by atoms with Crippen LogP contribution in [0.1, 0.15) is 12.1 Å². The van der Waals surface area contributed by atoms with Gasteiger partial charge in [-0.1, -0.05) is 0 Å². The largest absolute Gasteiger partial charge is 0.378 e. The molecular formula is C13H17N3O4. The number of hydrogen-bond donors (Lipinski definition) is 0. The van der Waals surface area contributed by atoms with Crippen molar-refractivity contribution in [1.82, 2.24) is 4.98 Å². The first kappa shape index (κ1) is 13.3. The summed E-state index contributed by atoms with van der Waals surface area (Å²) in [6.45, 7) is 5.08. The summed E-state index contributed by atoms with van der Waals surface area (Å²) in [5.41, 5.74) is 0.256. The molecule has 0 radical (unpaired) electrons. The summed E-state index contributed by atoms with van der Waals surface area (Å²) in [6.07, 6.45) is 0.884. The summed E-state index contributed by atoms with van der Waals surface area (Å²) in [7, 11) is 0. The monoisotopic (exact) mass is 279 g/mol. The maximum atomic E-state index is 10.8. The second-order valence-corrected chi connectivity index (χ2v) is 5.29. The van der Waals surface area contributed by atoms with Gasteiger partial charge >= 0.3 is 0 Å². The van der Waals surface area contributed by atoms with E-state index in [0.29, 0.717) is 18.9 Å². The fourth-order valence-corrected chi connectivity index (χ4v) is 2.78. The van der Waals surface area contributed by atoms with Gasteiger partial charge in [0, 0.05) is 25.6 Å². The van der Waals surface area contributed by atoms with Gasteiger partial charge in [-0.3, -0.25) is 10.1 Å². The third-order valence-corrected chi connectivity index (χ3v) is 3.88. The fourth-order valence-electron chi connectivity index (χ4n) is 2.78. The normalized spacial score (nSPS) is 26.1. The Morgan fingerprint density at radius 3 is 2.95 bits per heavy atom. The number of pyridine rings is 1. The van der Waals surface area contributed by atoms with Crippen molar-refractivity contribution in [2.45, 2.75) is 18.9 Å². The molecule has 0 aromatic carbocycles. The number of aryl methyl sites for hydroxylation is 1. The van der Waals surface area contributed by atoms with Crippen LogP contribution in [0, 0.1) is 17.0 Å². The van der Waals surface area contributed by atoms with E-state index in [1.165, 1.54) is 6.07 Å². The average molecular weight is 279 g/mol. The molecule has 0 amide bonds. The van der Waals surface area contributed by atoms with E-state index in [-0.39, 0.29) is 11.3 Å². The molecule has 1 aromatic rings. The van der Waals surface area contributed by atoms with Crippen LogP contribution >= 0.6 is 0 Å². The predicted molar refractivity (Wildman–Crippen MR) is 72.0 cm³/mol. The van der Waals surface area contributed by atoms with E-state index in [1.807, 2.05) is 0 Å². The molecule has 0 saturated carbocycles. The van der Waals surface area contributed by atoms with Crippen molar-refractivity contribution in [3.63, 3.8) is 0 Å². The number of nitro groups is 1. The van der Waals surface area contributed by atoms with Crippen LogP contribution in [-0.4, -0.2) is 48.4 Å². The van der Waals surface area contributed by atoms with Crippen LogP contribution in [0.2, 0.25) is 0 Å². The standard InChI is InChI=1S/C13H17N3O4/c1-10-11(16(17)18)2-3-12(14-10)15-5-7-20-13(8-15)4-6-19-9-13/h2-3H,4-9H2,1H3. The minimum atomic E-state index is -0.405. The minimum Gasteiger partial charge on any atom is -0.378 e. The van der Waals surface area contributed by atoms with Crippen molar-refractivity contribution in [3.8, 4) is 0 Å². The molecule has 7 heteroatoms. The lowest BCUT2D eigenvalue weighted by Gasteiger charge is -2.40. The van der Waals surface area contributed by atoms with Crippen molar-refractivity contribution >= 4 is 11.5 Å². The first-order valence-corrected chi connectivity index (χ1v) is 6.68. The number of hydrogen-bond acceptors (Lipinski definition) is 6. The summed E-state index contributed by atoms with van der Waals surface area (Å²) in [4.78, 5) is 16.9. The van der Waals surface area contributed by atoms with E-state index in [9.17, 15) is 10.1 Å². The molecule has 2 aliphatic rings. The van der Waals surface area contributed by atoms with E-state index in [1.54, 1.807) is 13.0 Å². The Labute approximate surface area is 116 Å². The number of aromatic nitrogens is 1. The Morgan fingerprint density at radius 1 is 1.45 bits per heavy atom. The van der Waals surface area contributed by atoms with E-state index < -0.39 is 4.92 Å². The molecule has 1 aromatic heterocycles. The maximum Gasteiger partial charge on any atom is 0.290 e. The van der Waals surface area contributed by atoms with Gasteiger partial charge in [-0.15, -0.1) is 0 Å². The van der Waals surface area contributed by atoms with Gasteiger partial charge < -0.3 is 14.4 Å². The lowest BCUT2D eigenvalue weighted by molar-refractivity contribution is -0.385. The zero-order chi connectivity index (χ0) is 14.2. The highest BCUT2D eigenvalue weighted by Crippen LogP contribution is 2.30. The van der Waals surface area contributed by atoms with Crippen LogP contribution in [-0.2, 0) is 9.47 Å². The van der Waals surface area contributed by atoms with Crippen LogP contribution in [0.5, 0.6) is 0 Å². The Hall–Kier alpha value is -1.73. The van der Waals surface area contributed by atoms with Crippen molar-refractivity contribution < 1.29 is 14.4 Å². The van der Waals surface area contributed by atoms with Gasteiger partial charge in [0.15, 0.2) is 0 Å². The summed E-state index contributed by atoms with van der Waals surface area (Å²) >= 11 is 0. The Kier molecular flexibility index (Phi) is 3.31. The molecule has 1 unspecified atom stereocenters. The Bertz CT molecular complexity index is 528. The van der Waals surface area contributed by atoms with E-state index >= 15 is 0 Å². The van der Waals surface area contributed by atoms with Crippen LogP contribution in [0.15, 0.2) is 12.1 Å². The molecule has 2 fully saturated rings. The zero-order valence-corrected chi connectivity index (χ0v) is 11.4. The summed E-state index contributed by atoms with van der Waals surface area (Å²) in [6, 6.07) is 3.23. The highest BCUT2D eigenvalue weighted by molar-refractivity contribution is 5.47. The molecule has 3 rings (SSSR count). The van der Waals surface area contributed by atoms with Crippen molar-refractivity contribution in [2.24, 2.45) is 0 Å². The average Bonchev–Trinajstić information content (AvgIpc) is 2.86. The topological polar surface area (TPSA) is 77.7 Å². The van der Waals surface area contributed by atoms with E-state index in [4.69, 9.17) is 9.47 Å². The molecule has 0 aliphatic carbocycles. The molecule has 1 atom stereocenters. The first-order chi connectivity index (χ1) is 9.60. The molecule has 2 saturated heterocycles. The number of rotatable bonds is 2. The van der Waals surface area contributed by atoms with Gasteiger partial charge in [-0.05, 0) is 13.0 Å². The second kappa shape index (κ2) is 4.99. The van der Waals surface area contributed by atoms with E-state index in [2.05, 4.69) is 9.88 Å². The third kappa shape index (κ3) is 2.34. The fraction of sp³-hybridized carbons (Fsp3) is 0.615. The first-order valence-electron chi connectivity index (χ1n) is 6.68. The third-order valence-electron chi connectivity index (χ3n) is 3.88. The van der Waals surface area contributed by atoms with Gasteiger partial charge in [0.2, 0.25) is 0 Å². The molecule has 1 spiro atoms. The van der Waals surface area contributed by atoms with Gasteiger partial charge in [-0.25, -0.2) is 4.98 Å². The van der Waals surface area contributed by atoms with Crippen molar-refractivity contribution in [3.05, 3.63) is 27.9 Å². The quantitative estimate of drug-likeness (QED) is 0.599. The zero-order valence-electron chi connectivity index (χ0n) is 11.4. The second-order valence-electron chi connectivity index (χ2n) is 5.29. The van der Waals surface area contributed by atoms with Crippen LogP contribution in [0.3, 0.4) is 0 Å². The Balaban J connectivity index is 1.82. The van der Waals surface area contributed by atoms with Gasteiger partial charge in [0.1, 0.15) is 17.1 Å². The van der Waals surface area contributed by atoms with Gasteiger partial charge in [0.25, 0.3) is 5.69 Å². The lowest BCUT2D eigenvalue weighted by atomic mass is 10.0. The Morgan fingerprint density at radius 2 is 2.30 bits per heavy atom. The minimum absolute atomic E-state index is 0.0564. The number of nitrogens with zero attached hydrogens (tertiary/aromatic N) is 3. The number of ether oxygens (including phenoxy) is 2. The maximum absolute atomic E-state index is 10.8. The highest BCUT2D eigenvalue weighted by Gasteiger charge is 2.40. The lowest BCUT2D eigenvalue weighted by Crippen LogP contribution is -2.52. The predicted octanol–water partition coefficient (Wildman–Crippen LogP) is 1.29. The summed E-state index contributed by atoms with van der Waals surface area (Å²) in [5, 5.41) is 10.8. The number of morpholine rings is 1. The molecule has 3 heterocycles. The van der Waals surface area contributed by atoms with Crippen LogP contribution in [0.25, 0.3) is 0 Å². The van der Waals surface area contributed by atoms with E-state index in [0.717, 1.165) is 31.9 Å². The van der Waals surface area contributed by atoms with Gasteiger partial charge in [0.05, 0.1) is 24.7 Å². The van der Waals surface area contributed by atoms with Crippen LogP contribution < -0.4 is 4.90 Å².